The van der Waals surface area contributed by atoms with Gasteiger partial charge in [-0.1, -0.05) is 6.07 Å². The average molecular weight is 323 g/mol. The zero-order valence-corrected chi connectivity index (χ0v) is 12.5. The van der Waals surface area contributed by atoms with Crippen LogP contribution in [0.15, 0.2) is 18.2 Å². The number of alkyl halides is 4. The number of methoxy groups -OCH3 is 1. The van der Waals surface area contributed by atoms with Crippen molar-refractivity contribution in [3.05, 3.63) is 29.3 Å². The molecule has 2 unspecified atom stereocenters. The van der Waals surface area contributed by atoms with Gasteiger partial charge in [0.05, 0.1) is 11.7 Å². The standard InChI is InChI=1S/C15H18ClF3O2/c1-20-11-3-2-4-12(8-11)21-14-6-5-10(9-16)7-13(14)15(17,18)19/h5-7,11-12H,2-4,8-9H2,1H3. The lowest BCUT2D eigenvalue weighted by molar-refractivity contribution is -0.139. The second-order valence-electron chi connectivity index (χ2n) is 5.23. The van der Waals surface area contributed by atoms with Gasteiger partial charge in [0, 0.05) is 19.4 Å². The van der Waals surface area contributed by atoms with Crippen LogP contribution >= 0.6 is 11.6 Å². The number of halogens is 4. The van der Waals surface area contributed by atoms with Crippen LogP contribution in [0.25, 0.3) is 0 Å². The molecular weight excluding hydrogens is 305 g/mol. The van der Waals surface area contributed by atoms with Crippen LogP contribution in [0.5, 0.6) is 5.75 Å². The van der Waals surface area contributed by atoms with Gasteiger partial charge in [0.15, 0.2) is 0 Å². The molecule has 1 aromatic rings. The molecule has 1 aliphatic rings. The Morgan fingerprint density at radius 2 is 1.95 bits per heavy atom. The Morgan fingerprint density at radius 1 is 1.24 bits per heavy atom. The molecule has 0 bridgehead atoms. The van der Waals surface area contributed by atoms with Gasteiger partial charge in [-0.05, 0) is 37.0 Å². The van der Waals surface area contributed by atoms with Gasteiger partial charge in [-0.2, -0.15) is 13.2 Å². The maximum absolute atomic E-state index is 13.1. The van der Waals surface area contributed by atoms with Crippen LogP contribution in [-0.4, -0.2) is 19.3 Å². The summed E-state index contributed by atoms with van der Waals surface area (Å²) in [6, 6.07) is 3.98. The molecule has 0 aromatic heterocycles. The number of benzene rings is 1. The zero-order valence-electron chi connectivity index (χ0n) is 11.8. The lowest BCUT2D eigenvalue weighted by Gasteiger charge is -2.29. The monoisotopic (exact) mass is 322 g/mol. The van der Waals surface area contributed by atoms with Crippen molar-refractivity contribution >= 4 is 11.6 Å². The van der Waals surface area contributed by atoms with Crippen molar-refractivity contribution < 1.29 is 22.6 Å². The highest BCUT2D eigenvalue weighted by atomic mass is 35.5. The Balaban J connectivity index is 2.19. The van der Waals surface area contributed by atoms with E-state index in [9.17, 15) is 13.2 Å². The molecule has 1 aliphatic carbocycles. The van der Waals surface area contributed by atoms with Crippen LogP contribution in [0.1, 0.15) is 36.8 Å². The minimum absolute atomic E-state index is 0.0402. The summed E-state index contributed by atoms with van der Waals surface area (Å²) in [5.74, 6) is -0.0865. The Bertz CT molecular complexity index is 476. The third kappa shape index (κ3) is 4.27. The summed E-state index contributed by atoms with van der Waals surface area (Å²) in [7, 11) is 1.61. The van der Waals surface area contributed by atoms with Gasteiger partial charge in [0.2, 0.25) is 0 Å². The highest BCUT2D eigenvalue weighted by Gasteiger charge is 2.35. The van der Waals surface area contributed by atoms with Gasteiger partial charge in [-0.3, -0.25) is 0 Å². The fourth-order valence-corrected chi connectivity index (χ4v) is 2.75. The van der Waals surface area contributed by atoms with Crippen LogP contribution in [-0.2, 0) is 16.8 Å². The molecule has 0 aliphatic heterocycles. The Morgan fingerprint density at radius 3 is 2.57 bits per heavy atom. The first-order valence-electron chi connectivity index (χ1n) is 6.89. The van der Waals surface area contributed by atoms with Crippen LogP contribution < -0.4 is 4.74 Å². The third-order valence-corrected chi connectivity index (χ3v) is 4.02. The minimum atomic E-state index is -4.45. The number of rotatable bonds is 4. The predicted octanol–water partition coefficient (Wildman–Crippen LogP) is 4.78. The summed E-state index contributed by atoms with van der Waals surface area (Å²) in [5, 5.41) is 0. The summed E-state index contributed by atoms with van der Waals surface area (Å²) in [6.45, 7) is 0. The fourth-order valence-electron chi connectivity index (χ4n) is 2.59. The summed E-state index contributed by atoms with van der Waals surface area (Å²) in [5.41, 5.74) is -0.338. The normalized spacial score (nSPS) is 23.1. The van der Waals surface area contributed by atoms with Crippen LogP contribution in [0.3, 0.4) is 0 Å². The van der Waals surface area contributed by atoms with Crippen molar-refractivity contribution in [1.82, 2.24) is 0 Å². The van der Waals surface area contributed by atoms with Crippen molar-refractivity contribution in [2.24, 2.45) is 0 Å². The molecule has 0 spiro atoms. The SMILES string of the molecule is COC1CCCC(Oc2ccc(CCl)cc2C(F)(F)F)C1. The quantitative estimate of drug-likeness (QED) is 0.743. The fraction of sp³-hybridized carbons (Fsp3) is 0.600. The van der Waals surface area contributed by atoms with E-state index >= 15 is 0 Å². The van der Waals surface area contributed by atoms with E-state index in [1.165, 1.54) is 6.07 Å². The van der Waals surface area contributed by atoms with Crippen molar-refractivity contribution in [1.29, 1.82) is 0 Å². The van der Waals surface area contributed by atoms with Gasteiger partial charge in [0.1, 0.15) is 11.9 Å². The molecule has 0 saturated heterocycles. The topological polar surface area (TPSA) is 18.5 Å². The van der Waals surface area contributed by atoms with Crippen LogP contribution in [0.4, 0.5) is 13.2 Å². The largest absolute Gasteiger partial charge is 0.490 e. The molecule has 0 heterocycles. The second-order valence-corrected chi connectivity index (χ2v) is 5.49. The van der Waals surface area contributed by atoms with Gasteiger partial charge in [-0.15, -0.1) is 11.6 Å². The first kappa shape index (κ1) is 16.4. The highest BCUT2D eigenvalue weighted by Crippen LogP contribution is 2.38. The second kappa shape index (κ2) is 6.88. The van der Waals surface area contributed by atoms with Crippen molar-refractivity contribution in [3.63, 3.8) is 0 Å². The van der Waals surface area contributed by atoms with Crippen molar-refractivity contribution in [2.45, 2.75) is 49.9 Å². The van der Waals surface area contributed by atoms with E-state index in [0.717, 1.165) is 25.3 Å². The van der Waals surface area contributed by atoms with Gasteiger partial charge < -0.3 is 9.47 Å². The Labute approximate surface area is 127 Å². The lowest BCUT2D eigenvalue weighted by Crippen LogP contribution is -2.30. The number of hydrogen-bond donors (Lipinski definition) is 0. The molecule has 2 atom stereocenters. The number of hydrogen-bond acceptors (Lipinski definition) is 2. The molecule has 2 nitrogen and oxygen atoms in total. The summed E-state index contributed by atoms with van der Waals surface area (Å²) < 4.78 is 50.2. The summed E-state index contributed by atoms with van der Waals surface area (Å²) >= 11 is 5.61. The van der Waals surface area contributed by atoms with Gasteiger partial charge in [0.25, 0.3) is 0 Å². The zero-order chi connectivity index (χ0) is 15.5. The van der Waals surface area contributed by atoms with Crippen molar-refractivity contribution in [3.8, 4) is 5.75 Å². The first-order chi connectivity index (χ1) is 9.94. The van der Waals surface area contributed by atoms with E-state index in [4.69, 9.17) is 21.1 Å². The Kier molecular flexibility index (Phi) is 5.38. The summed E-state index contributed by atoms with van der Waals surface area (Å²) in [6.07, 6.45) is -1.46. The maximum atomic E-state index is 13.1. The molecule has 21 heavy (non-hydrogen) atoms. The van der Waals surface area contributed by atoms with Gasteiger partial charge >= 0.3 is 6.18 Å². The minimum Gasteiger partial charge on any atom is -0.490 e. The maximum Gasteiger partial charge on any atom is 0.419 e. The molecular formula is C15H18ClF3O2. The van der Waals surface area contributed by atoms with Crippen LogP contribution in [0.2, 0.25) is 0 Å². The molecule has 1 saturated carbocycles. The van der Waals surface area contributed by atoms with Crippen molar-refractivity contribution in [2.75, 3.05) is 7.11 Å². The first-order valence-corrected chi connectivity index (χ1v) is 7.43. The molecule has 0 radical (unpaired) electrons. The molecule has 1 aromatic carbocycles. The van der Waals surface area contributed by atoms with E-state index in [2.05, 4.69) is 0 Å². The van der Waals surface area contributed by atoms with E-state index in [1.54, 1.807) is 13.2 Å². The van der Waals surface area contributed by atoms with Gasteiger partial charge in [-0.25, -0.2) is 0 Å². The molecule has 6 heteroatoms. The van der Waals surface area contributed by atoms with E-state index in [1.807, 2.05) is 0 Å². The third-order valence-electron chi connectivity index (χ3n) is 3.71. The number of ether oxygens (including phenoxy) is 2. The molecule has 0 N–H and O–H groups in total. The smallest absolute Gasteiger partial charge is 0.419 e. The van der Waals surface area contributed by atoms with E-state index in [-0.39, 0.29) is 23.8 Å². The summed E-state index contributed by atoms with van der Waals surface area (Å²) in [4.78, 5) is 0. The Hall–Kier alpha value is -0.940. The molecule has 1 fully saturated rings. The van der Waals surface area contributed by atoms with E-state index in [0.29, 0.717) is 12.0 Å². The lowest BCUT2D eigenvalue weighted by atomic mass is 9.95. The highest BCUT2D eigenvalue weighted by molar-refractivity contribution is 6.17. The van der Waals surface area contributed by atoms with Crippen LogP contribution in [0, 0.1) is 0 Å². The molecule has 2 rings (SSSR count). The molecule has 0 amide bonds. The molecule has 118 valence electrons. The van der Waals surface area contributed by atoms with E-state index < -0.39 is 11.7 Å². The average Bonchev–Trinajstić information content (AvgIpc) is 2.46. The predicted molar refractivity (Wildman–Crippen MR) is 74.7 cm³/mol.